The highest BCUT2D eigenvalue weighted by atomic mass is 16.5. The predicted molar refractivity (Wildman–Crippen MR) is 90.8 cm³/mol. The summed E-state index contributed by atoms with van der Waals surface area (Å²) in [4.78, 5) is 6.56. The summed E-state index contributed by atoms with van der Waals surface area (Å²) in [5.41, 5.74) is 4.00. The summed E-state index contributed by atoms with van der Waals surface area (Å²) in [6, 6.07) is 13.8. The number of nitrogens with zero attached hydrogens (tertiary/aromatic N) is 3. The molecule has 0 saturated heterocycles. The number of aryl methyl sites for hydroxylation is 1. The van der Waals surface area contributed by atoms with E-state index in [0.29, 0.717) is 11.7 Å². The minimum absolute atomic E-state index is 0.511. The van der Waals surface area contributed by atoms with E-state index < -0.39 is 0 Å². The SMILES string of the molecule is COc1ccc(-c2nc(-c3ccc(N(C)C)cc3)no2)c(C)c1. The second-order valence-electron chi connectivity index (χ2n) is 5.55. The highest BCUT2D eigenvalue weighted by Gasteiger charge is 2.13. The maximum absolute atomic E-state index is 5.42. The Morgan fingerprint density at radius 2 is 1.78 bits per heavy atom. The molecule has 3 rings (SSSR count). The first kappa shape index (κ1) is 15.1. The summed E-state index contributed by atoms with van der Waals surface area (Å²) in [5.74, 6) is 1.91. The van der Waals surface area contributed by atoms with Crippen LogP contribution in [0.2, 0.25) is 0 Å². The number of anilines is 1. The summed E-state index contributed by atoms with van der Waals surface area (Å²) in [7, 11) is 5.67. The summed E-state index contributed by atoms with van der Waals surface area (Å²) >= 11 is 0. The minimum atomic E-state index is 0.511. The zero-order valence-corrected chi connectivity index (χ0v) is 13.7. The van der Waals surface area contributed by atoms with E-state index in [4.69, 9.17) is 9.26 Å². The molecule has 0 radical (unpaired) electrons. The fourth-order valence-corrected chi connectivity index (χ4v) is 2.36. The van der Waals surface area contributed by atoms with Crippen LogP contribution in [0.1, 0.15) is 5.56 Å². The molecule has 1 heterocycles. The molecule has 0 aliphatic rings. The highest BCUT2D eigenvalue weighted by molar-refractivity contribution is 5.64. The highest BCUT2D eigenvalue weighted by Crippen LogP contribution is 2.28. The van der Waals surface area contributed by atoms with Gasteiger partial charge in [0.2, 0.25) is 5.82 Å². The minimum Gasteiger partial charge on any atom is -0.497 e. The average molecular weight is 309 g/mol. The zero-order chi connectivity index (χ0) is 16.4. The van der Waals surface area contributed by atoms with Gasteiger partial charge in [-0.2, -0.15) is 4.98 Å². The van der Waals surface area contributed by atoms with Gasteiger partial charge in [-0.05, 0) is 55.0 Å². The van der Waals surface area contributed by atoms with Crippen molar-refractivity contribution in [2.45, 2.75) is 6.92 Å². The molecule has 0 amide bonds. The molecule has 0 atom stereocenters. The Labute approximate surface area is 135 Å². The summed E-state index contributed by atoms with van der Waals surface area (Å²) in [5, 5.41) is 4.09. The lowest BCUT2D eigenvalue weighted by atomic mass is 10.1. The molecule has 0 N–H and O–H groups in total. The van der Waals surface area contributed by atoms with Crippen molar-refractivity contribution in [3.63, 3.8) is 0 Å². The third-order valence-corrected chi connectivity index (χ3v) is 3.73. The van der Waals surface area contributed by atoms with Crippen molar-refractivity contribution in [3.05, 3.63) is 48.0 Å². The molecule has 23 heavy (non-hydrogen) atoms. The Morgan fingerprint density at radius 3 is 2.39 bits per heavy atom. The van der Waals surface area contributed by atoms with Crippen molar-refractivity contribution in [3.8, 4) is 28.6 Å². The van der Waals surface area contributed by atoms with Gasteiger partial charge in [-0.1, -0.05) is 5.16 Å². The molecule has 118 valence electrons. The Hall–Kier alpha value is -2.82. The largest absolute Gasteiger partial charge is 0.497 e. The second kappa shape index (κ2) is 6.12. The van der Waals surface area contributed by atoms with Gasteiger partial charge in [-0.3, -0.25) is 0 Å². The first-order valence-corrected chi connectivity index (χ1v) is 7.35. The van der Waals surface area contributed by atoms with Crippen molar-refractivity contribution in [1.29, 1.82) is 0 Å². The van der Waals surface area contributed by atoms with Gasteiger partial charge < -0.3 is 14.2 Å². The lowest BCUT2D eigenvalue weighted by molar-refractivity contribution is 0.414. The Bertz CT molecular complexity index is 807. The van der Waals surface area contributed by atoms with E-state index >= 15 is 0 Å². The van der Waals surface area contributed by atoms with Gasteiger partial charge in [-0.25, -0.2) is 0 Å². The van der Waals surface area contributed by atoms with Gasteiger partial charge in [0, 0.05) is 30.9 Å². The van der Waals surface area contributed by atoms with Gasteiger partial charge in [0.15, 0.2) is 0 Å². The summed E-state index contributed by atoms with van der Waals surface area (Å²) < 4.78 is 10.6. The quantitative estimate of drug-likeness (QED) is 0.734. The molecule has 0 saturated carbocycles. The molecule has 0 spiro atoms. The molecule has 0 bridgehead atoms. The lowest BCUT2D eigenvalue weighted by Gasteiger charge is -2.11. The van der Waals surface area contributed by atoms with Crippen LogP contribution in [0.3, 0.4) is 0 Å². The number of hydrogen-bond donors (Lipinski definition) is 0. The Balaban J connectivity index is 1.91. The van der Waals surface area contributed by atoms with Gasteiger partial charge in [0.25, 0.3) is 5.89 Å². The van der Waals surface area contributed by atoms with Crippen molar-refractivity contribution < 1.29 is 9.26 Å². The van der Waals surface area contributed by atoms with E-state index in [1.54, 1.807) is 7.11 Å². The Kier molecular flexibility index (Phi) is 4.02. The van der Waals surface area contributed by atoms with Crippen LogP contribution in [-0.2, 0) is 0 Å². The first-order chi connectivity index (χ1) is 11.1. The molecule has 0 fully saturated rings. The maximum atomic E-state index is 5.42. The molecule has 1 aromatic heterocycles. The van der Waals surface area contributed by atoms with Crippen molar-refractivity contribution in [2.24, 2.45) is 0 Å². The van der Waals surface area contributed by atoms with E-state index in [9.17, 15) is 0 Å². The molecular weight excluding hydrogens is 290 g/mol. The van der Waals surface area contributed by atoms with Crippen LogP contribution in [0.4, 0.5) is 5.69 Å². The number of hydrogen-bond acceptors (Lipinski definition) is 5. The monoisotopic (exact) mass is 309 g/mol. The van der Waals surface area contributed by atoms with Crippen LogP contribution in [-0.4, -0.2) is 31.3 Å². The third-order valence-electron chi connectivity index (χ3n) is 3.73. The van der Waals surface area contributed by atoms with Crippen LogP contribution >= 0.6 is 0 Å². The molecule has 0 unspecified atom stereocenters. The fourth-order valence-electron chi connectivity index (χ4n) is 2.36. The number of ether oxygens (including phenoxy) is 1. The smallest absolute Gasteiger partial charge is 0.258 e. The van der Waals surface area contributed by atoms with E-state index in [1.165, 1.54) is 0 Å². The second-order valence-corrected chi connectivity index (χ2v) is 5.55. The van der Waals surface area contributed by atoms with Gasteiger partial charge >= 0.3 is 0 Å². The first-order valence-electron chi connectivity index (χ1n) is 7.35. The van der Waals surface area contributed by atoms with E-state index in [2.05, 4.69) is 10.1 Å². The average Bonchev–Trinajstić information content (AvgIpc) is 3.04. The van der Waals surface area contributed by atoms with Gasteiger partial charge in [-0.15, -0.1) is 0 Å². The molecule has 0 aliphatic carbocycles. The Morgan fingerprint density at radius 1 is 1.04 bits per heavy atom. The number of rotatable bonds is 4. The van der Waals surface area contributed by atoms with Crippen LogP contribution in [0.25, 0.3) is 22.8 Å². The number of aromatic nitrogens is 2. The molecule has 2 aromatic carbocycles. The van der Waals surface area contributed by atoms with Crippen LogP contribution in [0.5, 0.6) is 5.75 Å². The zero-order valence-electron chi connectivity index (χ0n) is 13.7. The molecule has 3 aromatic rings. The normalized spacial score (nSPS) is 10.6. The number of benzene rings is 2. The maximum Gasteiger partial charge on any atom is 0.258 e. The number of methoxy groups -OCH3 is 1. The predicted octanol–water partition coefficient (Wildman–Crippen LogP) is 3.79. The topological polar surface area (TPSA) is 51.4 Å². The third kappa shape index (κ3) is 3.04. The molecule has 5 nitrogen and oxygen atoms in total. The summed E-state index contributed by atoms with van der Waals surface area (Å²) in [6.45, 7) is 1.99. The van der Waals surface area contributed by atoms with Gasteiger partial charge in [0.1, 0.15) is 5.75 Å². The fraction of sp³-hybridized carbons (Fsp3) is 0.222. The van der Waals surface area contributed by atoms with Crippen molar-refractivity contribution >= 4 is 5.69 Å². The lowest BCUT2D eigenvalue weighted by Crippen LogP contribution is -2.07. The molecule has 0 aliphatic heterocycles. The van der Waals surface area contributed by atoms with E-state index in [1.807, 2.05) is 68.4 Å². The van der Waals surface area contributed by atoms with Crippen molar-refractivity contribution in [1.82, 2.24) is 10.1 Å². The van der Waals surface area contributed by atoms with Crippen molar-refractivity contribution in [2.75, 3.05) is 26.1 Å². The van der Waals surface area contributed by atoms with Crippen LogP contribution in [0.15, 0.2) is 47.0 Å². The molecule has 5 heteroatoms. The van der Waals surface area contributed by atoms with Crippen LogP contribution in [0, 0.1) is 6.92 Å². The van der Waals surface area contributed by atoms with E-state index in [0.717, 1.165) is 28.1 Å². The standard InChI is InChI=1S/C18H19N3O2/c1-12-11-15(22-4)9-10-16(12)18-19-17(20-23-18)13-5-7-14(8-6-13)21(2)3/h5-11H,1-4H3. The van der Waals surface area contributed by atoms with Gasteiger partial charge in [0.05, 0.1) is 7.11 Å². The van der Waals surface area contributed by atoms with E-state index in [-0.39, 0.29) is 0 Å². The van der Waals surface area contributed by atoms with Crippen LogP contribution < -0.4 is 9.64 Å². The summed E-state index contributed by atoms with van der Waals surface area (Å²) in [6.07, 6.45) is 0. The molecular formula is C18H19N3O2.